The van der Waals surface area contributed by atoms with E-state index in [1.165, 1.54) is 23.4 Å². The lowest BCUT2D eigenvalue weighted by atomic mass is 9.97. The normalized spacial score (nSPS) is 16.9. The van der Waals surface area contributed by atoms with Gasteiger partial charge in [0, 0.05) is 43.4 Å². The van der Waals surface area contributed by atoms with E-state index < -0.39 is 10.0 Å². The monoisotopic (exact) mass is 459 g/mol. The standard InChI is InChI=1S/C22H25N3O6S/c1-15(26)23-17-2-4-18(5-3-17)24-22(27)16-8-10-25(11-9-16)32(28,29)19-6-7-20-21(14-19)31-13-12-30-20/h2-7,14,16H,8-13H2,1H3,(H,23,26)(H,24,27). The second-order valence-electron chi connectivity index (χ2n) is 7.73. The molecular formula is C22H25N3O6S. The maximum atomic E-state index is 13.0. The summed E-state index contributed by atoms with van der Waals surface area (Å²) in [5.74, 6) is 0.372. The van der Waals surface area contributed by atoms with Gasteiger partial charge >= 0.3 is 0 Å². The van der Waals surface area contributed by atoms with Gasteiger partial charge in [0.25, 0.3) is 0 Å². The molecule has 2 aliphatic rings. The van der Waals surface area contributed by atoms with Gasteiger partial charge in [0.1, 0.15) is 13.2 Å². The lowest BCUT2D eigenvalue weighted by Crippen LogP contribution is -2.41. The molecule has 2 aliphatic heterocycles. The van der Waals surface area contributed by atoms with Crippen LogP contribution in [0.15, 0.2) is 47.4 Å². The van der Waals surface area contributed by atoms with Gasteiger partial charge in [-0.15, -0.1) is 0 Å². The molecule has 4 rings (SSSR count). The molecule has 2 aromatic carbocycles. The highest BCUT2D eigenvalue weighted by atomic mass is 32.2. The number of sulfonamides is 1. The second-order valence-corrected chi connectivity index (χ2v) is 9.67. The predicted octanol–water partition coefficient (Wildman–Crippen LogP) is 2.46. The number of carbonyl (C=O) groups is 2. The zero-order chi connectivity index (χ0) is 22.7. The van der Waals surface area contributed by atoms with Crippen molar-refractivity contribution in [1.29, 1.82) is 0 Å². The van der Waals surface area contributed by atoms with Crippen molar-refractivity contribution >= 4 is 33.2 Å². The lowest BCUT2D eigenvalue weighted by Gasteiger charge is -2.30. The number of hydrogen-bond acceptors (Lipinski definition) is 6. The number of nitrogens with zero attached hydrogens (tertiary/aromatic N) is 1. The molecule has 32 heavy (non-hydrogen) atoms. The van der Waals surface area contributed by atoms with Crippen molar-refractivity contribution in [3.63, 3.8) is 0 Å². The van der Waals surface area contributed by atoms with Gasteiger partial charge < -0.3 is 20.1 Å². The topological polar surface area (TPSA) is 114 Å². The number of hydrogen-bond donors (Lipinski definition) is 2. The summed E-state index contributed by atoms with van der Waals surface area (Å²) in [6, 6.07) is 11.5. The van der Waals surface area contributed by atoms with E-state index in [4.69, 9.17) is 9.47 Å². The Balaban J connectivity index is 1.35. The summed E-state index contributed by atoms with van der Waals surface area (Å²) in [4.78, 5) is 23.9. The first-order valence-electron chi connectivity index (χ1n) is 10.4. The maximum Gasteiger partial charge on any atom is 0.243 e. The molecule has 0 bridgehead atoms. The molecule has 0 spiro atoms. The molecule has 0 aliphatic carbocycles. The first kappa shape index (κ1) is 22.1. The molecule has 0 atom stereocenters. The van der Waals surface area contributed by atoms with Crippen LogP contribution in [0.4, 0.5) is 11.4 Å². The molecule has 10 heteroatoms. The number of nitrogens with one attached hydrogen (secondary N) is 2. The molecule has 2 heterocycles. The highest BCUT2D eigenvalue weighted by Gasteiger charge is 2.33. The van der Waals surface area contributed by atoms with Crippen molar-refractivity contribution in [2.45, 2.75) is 24.7 Å². The van der Waals surface area contributed by atoms with Crippen LogP contribution in [0.5, 0.6) is 11.5 Å². The number of fused-ring (bicyclic) bond motifs is 1. The number of carbonyl (C=O) groups excluding carboxylic acids is 2. The Morgan fingerprint density at radius 1 is 0.906 bits per heavy atom. The Bertz CT molecular complexity index is 1110. The van der Waals surface area contributed by atoms with Crippen molar-refractivity contribution in [2.75, 3.05) is 36.9 Å². The summed E-state index contributed by atoms with van der Waals surface area (Å²) in [7, 11) is -3.69. The second kappa shape index (κ2) is 9.17. The quantitative estimate of drug-likeness (QED) is 0.710. The molecule has 0 saturated carbocycles. The number of anilines is 2. The third kappa shape index (κ3) is 4.86. The zero-order valence-electron chi connectivity index (χ0n) is 17.7. The van der Waals surface area contributed by atoms with Crippen LogP contribution in [0.25, 0.3) is 0 Å². The highest BCUT2D eigenvalue weighted by molar-refractivity contribution is 7.89. The molecule has 2 N–H and O–H groups in total. The van der Waals surface area contributed by atoms with Crippen molar-refractivity contribution in [3.05, 3.63) is 42.5 Å². The Labute approximate surface area is 186 Å². The van der Waals surface area contributed by atoms with Crippen molar-refractivity contribution in [3.8, 4) is 11.5 Å². The number of benzene rings is 2. The zero-order valence-corrected chi connectivity index (χ0v) is 18.5. The Hall–Kier alpha value is -3.11. The van der Waals surface area contributed by atoms with Gasteiger partial charge in [0.05, 0.1) is 4.90 Å². The molecule has 2 amide bonds. The van der Waals surface area contributed by atoms with Crippen LogP contribution in [-0.4, -0.2) is 50.8 Å². The Morgan fingerprint density at radius 3 is 2.12 bits per heavy atom. The van der Waals surface area contributed by atoms with Gasteiger partial charge in [-0.3, -0.25) is 9.59 Å². The molecule has 170 valence electrons. The van der Waals surface area contributed by atoms with E-state index >= 15 is 0 Å². The maximum absolute atomic E-state index is 13.0. The highest BCUT2D eigenvalue weighted by Crippen LogP contribution is 2.34. The van der Waals surface area contributed by atoms with Gasteiger partial charge in [-0.05, 0) is 49.2 Å². The molecule has 0 radical (unpaired) electrons. The van der Waals surface area contributed by atoms with Gasteiger partial charge in [0.15, 0.2) is 11.5 Å². The van der Waals surface area contributed by atoms with E-state index in [2.05, 4.69) is 10.6 Å². The van der Waals surface area contributed by atoms with Crippen LogP contribution in [0.1, 0.15) is 19.8 Å². The SMILES string of the molecule is CC(=O)Nc1ccc(NC(=O)C2CCN(S(=O)(=O)c3ccc4c(c3)OCCO4)CC2)cc1. The lowest BCUT2D eigenvalue weighted by molar-refractivity contribution is -0.121. The van der Waals surface area contributed by atoms with Crippen LogP contribution in [0.2, 0.25) is 0 Å². The van der Waals surface area contributed by atoms with Gasteiger partial charge in [0.2, 0.25) is 21.8 Å². The molecular weight excluding hydrogens is 434 g/mol. The average molecular weight is 460 g/mol. The van der Waals surface area contributed by atoms with E-state index in [1.54, 1.807) is 30.3 Å². The molecule has 9 nitrogen and oxygen atoms in total. The first-order valence-corrected chi connectivity index (χ1v) is 11.9. The van der Waals surface area contributed by atoms with Crippen molar-refractivity contribution in [2.24, 2.45) is 5.92 Å². The van der Waals surface area contributed by atoms with Gasteiger partial charge in [-0.25, -0.2) is 8.42 Å². The summed E-state index contributed by atoms with van der Waals surface area (Å²) < 4.78 is 38.5. The van der Waals surface area contributed by atoms with Crippen molar-refractivity contribution < 1.29 is 27.5 Å². The number of rotatable bonds is 5. The Morgan fingerprint density at radius 2 is 1.50 bits per heavy atom. The fourth-order valence-corrected chi connectivity index (χ4v) is 5.26. The smallest absolute Gasteiger partial charge is 0.243 e. The number of ether oxygens (including phenoxy) is 2. The van der Waals surface area contributed by atoms with Crippen LogP contribution < -0.4 is 20.1 Å². The first-order chi connectivity index (χ1) is 15.3. The summed E-state index contributed by atoms with van der Waals surface area (Å²) in [5, 5.41) is 5.53. The van der Waals surface area contributed by atoms with E-state index in [9.17, 15) is 18.0 Å². The van der Waals surface area contributed by atoms with E-state index in [0.717, 1.165) is 0 Å². The third-order valence-electron chi connectivity index (χ3n) is 5.45. The van der Waals surface area contributed by atoms with Crippen LogP contribution >= 0.6 is 0 Å². The van der Waals surface area contributed by atoms with E-state index in [0.29, 0.717) is 48.9 Å². The number of amides is 2. The van der Waals surface area contributed by atoms with Crippen LogP contribution in [0.3, 0.4) is 0 Å². The minimum Gasteiger partial charge on any atom is -0.486 e. The van der Waals surface area contributed by atoms with Gasteiger partial charge in [-0.1, -0.05) is 0 Å². The van der Waals surface area contributed by atoms with E-state index in [-0.39, 0.29) is 35.7 Å². The molecule has 0 unspecified atom stereocenters. The van der Waals surface area contributed by atoms with Crippen LogP contribution in [-0.2, 0) is 19.6 Å². The van der Waals surface area contributed by atoms with Crippen molar-refractivity contribution in [1.82, 2.24) is 4.31 Å². The molecule has 1 saturated heterocycles. The summed E-state index contributed by atoms with van der Waals surface area (Å²) >= 11 is 0. The molecule has 2 aromatic rings. The average Bonchev–Trinajstić information content (AvgIpc) is 2.79. The molecule has 0 aromatic heterocycles. The largest absolute Gasteiger partial charge is 0.486 e. The fourth-order valence-electron chi connectivity index (χ4n) is 3.78. The summed E-state index contributed by atoms with van der Waals surface area (Å²) in [5.41, 5.74) is 1.27. The minimum atomic E-state index is -3.69. The molecule has 1 fully saturated rings. The van der Waals surface area contributed by atoms with Gasteiger partial charge in [-0.2, -0.15) is 4.31 Å². The van der Waals surface area contributed by atoms with Crippen LogP contribution in [0, 0.1) is 5.92 Å². The Kier molecular flexibility index (Phi) is 6.33. The third-order valence-corrected chi connectivity index (χ3v) is 7.34. The predicted molar refractivity (Wildman–Crippen MR) is 118 cm³/mol. The number of piperidine rings is 1. The minimum absolute atomic E-state index is 0.145. The summed E-state index contributed by atoms with van der Waals surface area (Å²) in [6.45, 7) is 2.77. The van der Waals surface area contributed by atoms with E-state index in [1.807, 2.05) is 0 Å². The summed E-state index contributed by atoms with van der Waals surface area (Å²) in [6.07, 6.45) is 0.860. The fraction of sp³-hybridized carbons (Fsp3) is 0.364.